The number of rotatable bonds is 2. The van der Waals surface area contributed by atoms with Gasteiger partial charge in [0.2, 0.25) is 0 Å². The Labute approximate surface area is 168 Å². The maximum Gasteiger partial charge on any atom is 0.280 e. The van der Waals surface area contributed by atoms with Gasteiger partial charge in [-0.05, 0) is 31.9 Å². The van der Waals surface area contributed by atoms with Crippen molar-refractivity contribution in [2.75, 3.05) is 13.1 Å². The zero-order chi connectivity index (χ0) is 20.0. The van der Waals surface area contributed by atoms with Crippen LogP contribution in [0.2, 0.25) is 0 Å². The van der Waals surface area contributed by atoms with Gasteiger partial charge in [-0.2, -0.15) is 0 Å². The minimum atomic E-state index is -0.277. The molecule has 2 aromatic carbocycles. The summed E-state index contributed by atoms with van der Waals surface area (Å²) in [6.45, 7) is 3.86. The van der Waals surface area contributed by atoms with Crippen molar-refractivity contribution in [2.24, 2.45) is 0 Å². The van der Waals surface area contributed by atoms with Gasteiger partial charge >= 0.3 is 0 Å². The van der Waals surface area contributed by atoms with E-state index in [9.17, 15) is 9.59 Å². The van der Waals surface area contributed by atoms with Gasteiger partial charge in [-0.1, -0.05) is 48.0 Å². The predicted octanol–water partition coefficient (Wildman–Crippen LogP) is 2.80. The van der Waals surface area contributed by atoms with E-state index in [-0.39, 0.29) is 16.9 Å². The Hall–Kier alpha value is -3.28. The SMILES string of the molecule is Cc1cccc(C(=O)N2CC[C@]3(CCn4c3nnc(-c3ccccc3)c4=O)C2)c1. The molecule has 146 valence electrons. The Morgan fingerprint density at radius 3 is 2.59 bits per heavy atom. The van der Waals surface area contributed by atoms with Gasteiger partial charge < -0.3 is 4.90 Å². The smallest absolute Gasteiger partial charge is 0.280 e. The highest BCUT2D eigenvalue weighted by atomic mass is 16.2. The van der Waals surface area contributed by atoms with Crippen molar-refractivity contribution in [2.45, 2.75) is 31.7 Å². The van der Waals surface area contributed by atoms with Gasteiger partial charge in [0, 0.05) is 30.8 Å². The van der Waals surface area contributed by atoms with E-state index in [1.54, 1.807) is 4.57 Å². The Bertz CT molecular complexity index is 1160. The van der Waals surface area contributed by atoms with Crippen LogP contribution in [0.15, 0.2) is 59.4 Å². The second-order valence-electron chi connectivity index (χ2n) is 8.07. The fourth-order valence-corrected chi connectivity index (χ4v) is 4.63. The van der Waals surface area contributed by atoms with E-state index in [1.807, 2.05) is 66.4 Å². The number of amides is 1. The molecule has 3 aromatic rings. The standard InChI is InChI=1S/C23H22N4O2/c1-16-6-5-9-18(14-16)20(28)26-12-10-23(15-26)11-13-27-21(29)19(24-25-22(23)27)17-7-3-2-4-8-17/h2-9,14H,10-13,15H2,1H3/t23-/m0/s1. The molecule has 1 atom stereocenters. The molecule has 5 rings (SSSR count). The van der Waals surface area contributed by atoms with Gasteiger partial charge in [0.25, 0.3) is 11.5 Å². The van der Waals surface area contributed by atoms with Crippen LogP contribution in [0.4, 0.5) is 0 Å². The summed E-state index contributed by atoms with van der Waals surface area (Å²) in [5, 5.41) is 8.78. The molecule has 2 aliphatic rings. The summed E-state index contributed by atoms with van der Waals surface area (Å²) in [6.07, 6.45) is 1.62. The van der Waals surface area contributed by atoms with Crippen LogP contribution in [0.3, 0.4) is 0 Å². The normalized spacial score (nSPS) is 20.2. The highest BCUT2D eigenvalue weighted by Crippen LogP contribution is 2.41. The van der Waals surface area contributed by atoms with Gasteiger partial charge in [0.05, 0.1) is 5.41 Å². The van der Waals surface area contributed by atoms with Crippen LogP contribution in [0, 0.1) is 6.92 Å². The molecule has 0 N–H and O–H groups in total. The summed E-state index contributed by atoms with van der Waals surface area (Å²) in [5.41, 5.74) is 2.58. The Balaban J connectivity index is 1.46. The van der Waals surface area contributed by atoms with Gasteiger partial charge in [0.1, 0.15) is 5.82 Å². The summed E-state index contributed by atoms with van der Waals surface area (Å²) in [7, 11) is 0. The Morgan fingerprint density at radius 2 is 1.79 bits per heavy atom. The van der Waals surface area contributed by atoms with Crippen LogP contribution in [0.5, 0.6) is 0 Å². The van der Waals surface area contributed by atoms with Crippen LogP contribution in [0.1, 0.15) is 34.6 Å². The second-order valence-corrected chi connectivity index (χ2v) is 8.07. The van der Waals surface area contributed by atoms with Crippen LogP contribution in [-0.2, 0) is 12.0 Å². The lowest BCUT2D eigenvalue weighted by Gasteiger charge is -2.23. The molecule has 6 nitrogen and oxygen atoms in total. The van der Waals surface area contributed by atoms with E-state index in [1.165, 1.54) is 0 Å². The van der Waals surface area contributed by atoms with E-state index in [0.717, 1.165) is 29.8 Å². The third-order valence-electron chi connectivity index (χ3n) is 6.19. The Morgan fingerprint density at radius 1 is 1.00 bits per heavy atom. The minimum absolute atomic E-state index is 0.0419. The lowest BCUT2D eigenvalue weighted by molar-refractivity contribution is 0.0783. The van der Waals surface area contributed by atoms with Crippen molar-refractivity contribution in [3.8, 4) is 11.3 Å². The molecule has 1 aromatic heterocycles. The van der Waals surface area contributed by atoms with Crippen molar-refractivity contribution in [1.82, 2.24) is 19.7 Å². The van der Waals surface area contributed by atoms with Crippen molar-refractivity contribution < 1.29 is 4.79 Å². The van der Waals surface area contributed by atoms with E-state index < -0.39 is 0 Å². The number of fused-ring (bicyclic) bond motifs is 2. The van der Waals surface area contributed by atoms with Crippen LogP contribution >= 0.6 is 0 Å². The molecule has 0 unspecified atom stereocenters. The molecule has 2 aliphatic heterocycles. The predicted molar refractivity (Wildman–Crippen MR) is 110 cm³/mol. The third-order valence-corrected chi connectivity index (χ3v) is 6.19. The van der Waals surface area contributed by atoms with Crippen molar-refractivity contribution in [3.05, 3.63) is 81.9 Å². The first-order chi connectivity index (χ1) is 14.1. The topological polar surface area (TPSA) is 68.1 Å². The number of hydrogen-bond donors (Lipinski definition) is 0. The number of nitrogens with zero attached hydrogens (tertiary/aromatic N) is 4. The third kappa shape index (κ3) is 2.87. The summed E-state index contributed by atoms with van der Waals surface area (Å²) in [4.78, 5) is 27.9. The number of likely N-dealkylation sites (tertiary alicyclic amines) is 1. The fourth-order valence-electron chi connectivity index (χ4n) is 4.63. The lowest BCUT2D eigenvalue weighted by Crippen LogP contribution is -2.35. The summed E-state index contributed by atoms with van der Waals surface area (Å²) >= 11 is 0. The van der Waals surface area contributed by atoms with Crippen LogP contribution in [-0.4, -0.2) is 38.7 Å². The van der Waals surface area contributed by atoms with Gasteiger partial charge in [-0.15, -0.1) is 10.2 Å². The Kier molecular flexibility index (Phi) is 4.08. The van der Waals surface area contributed by atoms with E-state index in [2.05, 4.69) is 10.2 Å². The van der Waals surface area contributed by atoms with E-state index >= 15 is 0 Å². The largest absolute Gasteiger partial charge is 0.338 e. The number of aryl methyl sites for hydroxylation is 1. The van der Waals surface area contributed by atoms with E-state index in [0.29, 0.717) is 30.9 Å². The molecule has 29 heavy (non-hydrogen) atoms. The zero-order valence-electron chi connectivity index (χ0n) is 16.3. The maximum absolute atomic E-state index is 13.1. The molecule has 0 bridgehead atoms. The molecule has 3 heterocycles. The number of hydrogen-bond acceptors (Lipinski definition) is 4. The van der Waals surface area contributed by atoms with Crippen molar-refractivity contribution in [1.29, 1.82) is 0 Å². The number of benzene rings is 2. The highest BCUT2D eigenvalue weighted by Gasteiger charge is 2.48. The number of carbonyl (C=O) groups excluding carboxylic acids is 1. The van der Waals surface area contributed by atoms with Gasteiger partial charge in [-0.25, -0.2) is 0 Å². The maximum atomic E-state index is 13.1. The molecular weight excluding hydrogens is 364 g/mol. The summed E-state index contributed by atoms with van der Waals surface area (Å²) in [6, 6.07) is 17.1. The van der Waals surface area contributed by atoms with Crippen LogP contribution in [0.25, 0.3) is 11.3 Å². The summed E-state index contributed by atoms with van der Waals surface area (Å²) < 4.78 is 1.76. The first-order valence-corrected chi connectivity index (χ1v) is 9.97. The lowest BCUT2D eigenvalue weighted by atomic mass is 9.85. The molecule has 0 radical (unpaired) electrons. The molecule has 6 heteroatoms. The average Bonchev–Trinajstić information content (AvgIpc) is 3.34. The van der Waals surface area contributed by atoms with Crippen molar-refractivity contribution in [3.63, 3.8) is 0 Å². The monoisotopic (exact) mass is 386 g/mol. The van der Waals surface area contributed by atoms with Gasteiger partial charge in [0.15, 0.2) is 5.69 Å². The quantitative estimate of drug-likeness (QED) is 0.679. The molecule has 0 aliphatic carbocycles. The molecule has 1 amide bonds. The van der Waals surface area contributed by atoms with E-state index in [4.69, 9.17) is 0 Å². The van der Waals surface area contributed by atoms with Gasteiger partial charge in [-0.3, -0.25) is 14.2 Å². The number of aromatic nitrogens is 3. The minimum Gasteiger partial charge on any atom is -0.338 e. The number of carbonyl (C=O) groups is 1. The average molecular weight is 386 g/mol. The molecule has 1 fully saturated rings. The zero-order valence-corrected chi connectivity index (χ0v) is 16.3. The highest BCUT2D eigenvalue weighted by molar-refractivity contribution is 5.94. The van der Waals surface area contributed by atoms with Crippen LogP contribution < -0.4 is 5.56 Å². The second kappa shape index (κ2) is 6.65. The molecule has 1 spiro atoms. The summed E-state index contributed by atoms with van der Waals surface area (Å²) in [5.74, 6) is 0.766. The fraction of sp³-hybridized carbons (Fsp3) is 0.304. The van der Waals surface area contributed by atoms with Crippen molar-refractivity contribution >= 4 is 5.91 Å². The first kappa shape index (κ1) is 17.8. The molecular formula is C23H22N4O2. The first-order valence-electron chi connectivity index (χ1n) is 9.97. The molecule has 0 saturated carbocycles. The molecule has 1 saturated heterocycles.